The molecule has 1 aliphatic carbocycles. The second kappa shape index (κ2) is 9.00. The van der Waals surface area contributed by atoms with E-state index in [-0.39, 0.29) is 11.9 Å². The minimum atomic E-state index is 0.00193. The Morgan fingerprint density at radius 2 is 2.03 bits per heavy atom. The zero-order chi connectivity index (χ0) is 20.2. The Bertz CT molecular complexity index is 935. The largest absolute Gasteiger partial charge is 0.493 e. The van der Waals surface area contributed by atoms with Gasteiger partial charge in [0.2, 0.25) is 5.13 Å². The van der Waals surface area contributed by atoms with Crippen molar-refractivity contribution < 1.29 is 14.3 Å². The van der Waals surface area contributed by atoms with Crippen molar-refractivity contribution in [3.8, 4) is 11.5 Å². The Morgan fingerprint density at radius 1 is 1.21 bits per heavy atom. The predicted octanol–water partition coefficient (Wildman–Crippen LogP) is 5.10. The Morgan fingerprint density at radius 3 is 2.72 bits per heavy atom. The summed E-state index contributed by atoms with van der Waals surface area (Å²) < 4.78 is 10.9. The Balaban J connectivity index is 1.72. The van der Waals surface area contributed by atoms with E-state index in [9.17, 15) is 4.79 Å². The molecule has 0 spiro atoms. The zero-order valence-electron chi connectivity index (χ0n) is 16.5. The van der Waals surface area contributed by atoms with Gasteiger partial charge < -0.3 is 9.47 Å². The number of benzene rings is 1. The van der Waals surface area contributed by atoms with E-state index in [0.29, 0.717) is 26.7 Å². The maximum atomic E-state index is 13.4. The van der Waals surface area contributed by atoms with E-state index in [0.717, 1.165) is 31.2 Å². The number of aliphatic imine (C=N–C) groups is 1. The molecule has 0 bridgehead atoms. The van der Waals surface area contributed by atoms with Crippen LogP contribution in [0.4, 0.5) is 5.13 Å². The lowest BCUT2D eigenvalue weighted by atomic mass is 9.94. The number of thiazole rings is 1. The molecule has 152 valence electrons. The number of amides is 1. The molecule has 1 aromatic carbocycles. The minimum absolute atomic E-state index is 0.00193. The number of methoxy groups -OCH3 is 2. The van der Waals surface area contributed by atoms with Gasteiger partial charge in [0.25, 0.3) is 5.91 Å². The van der Waals surface area contributed by atoms with Crippen LogP contribution in [0.3, 0.4) is 0 Å². The van der Waals surface area contributed by atoms with Crippen LogP contribution in [0.25, 0.3) is 6.08 Å². The fourth-order valence-corrected chi connectivity index (χ4v) is 5.34. The molecule has 29 heavy (non-hydrogen) atoms. The molecule has 1 aliphatic heterocycles. The molecule has 4 rings (SSSR count). The lowest BCUT2D eigenvalue weighted by Crippen LogP contribution is -2.40. The first-order valence-electron chi connectivity index (χ1n) is 9.63. The average molecular weight is 430 g/mol. The number of para-hydroxylation sites is 1. The highest BCUT2D eigenvalue weighted by Crippen LogP contribution is 2.40. The standard InChI is InChI=1S/C21H23N3O3S2/c1-26-16-10-6-7-14(18(16)27-2)13-17-19(25)24(15-8-4-3-5-9-15)21(29-17)23-20-22-11-12-28-20/h6-7,10-13,15H,3-5,8-9H2,1-2H3/b17-13-,23-21+. The van der Waals surface area contributed by atoms with Gasteiger partial charge in [-0.25, -0.2) is 4.98 Å². The molecule has 1 saturated carbocycles. The first kappa shape index (κ1) is 20.0. The number of amidine groups is 1. The molecule has 6 nitrogen and oxygen atoms in total. The summed E-state index contributed by atoms with van der Waals surface area (Å²) in [5.74, 6) is 1.26. The summed E-state index contributed by atoms with van der Waals surface area (Å²) in [6.07, 6.45) is 9.15. The first-order chi connectivity index (χ1) is 14.2. The minimum Gasteiger partial charge on any atom is -0.493 e. The quantitative estimate of drug-likeness (QED) is 0.619. The summed E-state index contributed by atoms with van der Waals surface area (Å²) in [6.45, 7) is 0. The van der Waals surface area contributed by atoms with Crippen LogP contribution in [0.2, 0.25) is 0 Å². The van der Waals surface area contributed by atoms with E-state index < -0.39 is 0 Å². The number of nitrogens with zero attached hydrogens (tertiary/aromatic N) is 3. The SMILES string of the molecule is COc1cccc(/C=C2\S/C(=N/c3nccs3)N(C3CCCCC3)C2=O)c1OC. The summed E-state index contributed by atoms with van der Waals surface area (Å²) in [5, 5.41) is 3.27. The third-order valence-electron chi connectivity index (χ3n) is 5.11. The molecule has 0 radical (unpaired) electrons. The summed E-state index contributed by atoms with van der Waals surface area (Å²) in [7, 11) is 3.21. The van der Waals surface area contributed by atoms with E-state index in [1.54, 1.807) is 20.4 Å². The number of aromatic nitrogens is 1. The van der Waals surface area contributed by atoms with Crippen LogP contribution in [0.5, 0.6) is 11.5 Å². The lowest BCUT2D eigenvalue weighted by molar-refractivity contribution is -0.124. The van der Waals surface area contributed by atoms with Crippen molar-refractivity contribution in [3.63, 3.8) is 0 Å². The highest BCUT2D eigenvalue weighted by atomic mass is 32.2. The molecule has 2 fully saturated rings. The average Bonchev–Trinajstić information content (AvgIpc) is 3.37. The third kappa shape index (κ3) is 4.18. The highest BCUT2D eigenvalue weighted by Gasteiger charge is 2.39. The van der Waals surface area contributed by atoms with Gasteiger partial charge in [0.15, 0.2) is 16.7 Å². The van der Waals surface area contributed by atoms with Crippen LogP contribution in [0.1, 0.15) is 37.7 Å². The molecule has 1 aromatic heterocycles. The second-order valence-corrected chi connectivity index (χ2v) is 8.75. The molecule has 2 heterocycles. The van der Waals surface area contributed by atoms with Gasteiger partial charge in [-0.3, -0.25) is 9.69 Å². The molecule has 0 atom stereocenters. The van der Waals surface area contributed by atoms with E-state index in [1.807, 2.05) is 34.6 Å². The summed E-state index contributed by atoms with van der Waals surface area (Å²) in [4.78, 5) is 24.8. The number of thioether (sulfide) groups is 1. The van der Waals surface area contributed by atoms with Crippen LogP contribution in [0.15, 0.2) is 39.7 Å². The normalized spacial score (nSPS) is 20.6. The monoisotopic (exact) mass is 429 g/mol. The van der Waals surface area contributed by atoms with Crippen molar-refractivity contribution in [2.24, 2.45) is 4.99 Å². The number of carbonyl (C=O) groups is 1. The van der Waals surface area contributed by atoms with Crippen molar-refractivity contribution in [2.75, 3.05) is 14.2 Å². The van der Waals surface area contributed by atoms with Gasteiger partial charge in [-0.05, 0) is 36.7 Å². The number of carbonyl (C=O) groups excluding carboxylic acids is 1. The first-order valence-corrected chi connectivity index (χ1v) is 11.3. The lowest BCUT2D eigenvalue weighted by Gasteiger charge is -2.30. The smallest absolute Gasteiger partial charge is 0.267 e. The summed E-state index contributed by atoms with van der Waals surface area (Å²) >= 11 is 2.87. The summed E-state index contributed by atoms with van der Waals surface area (Å²) in [5.41, 5.74) is 0.807. The molecule has 0 unspecified atom stereocenters. The van der Waals surface area contributed by atoms with E-state index in [4.69, 9.17) is 9.47 Å². The van der Waals surface area contributed by atoms with Crippen LogP contribution < -0.4 is 9.47 Å². The van der Waals surface area contributed by atoms with Crippen molar-refractivity contribution in [1.82, 2.24) is 9.88 Å². The maximum absolute atomic E-state index is 13.4. The van der Waals surface area contributed by atoms with Gasteiger partial charge >= 0.3 is 0 Å². The molecule has 0 N–H and O–H groups in total. The van der Waals surface area contributed by atoms with E-state index >= 15 is 0 Å². The maximum Gasteiger partial charge on any atom is 0.267 e. The Labute approximate surface area is 178 Å². The van der Waals surface area contributed by atoms with Crippen LogP contribution >= 0.6 is 23.1 Å². The molecule has 8 heteroatoms. The predicted molar refractivity (Wildman–Crippen MR) is 118 cm³/mol. The van der Waals surface area contributed by atoms with Crippen molar-refractivity contribution in [3.05, 3.63) is 40.2 Å². The van der Waals surface area contributed by atoms with Gasteiger partial charge in [0.05, 0.1) is 19.1 Å². The van der Waals surface area contributed by atoms with Crippen molar-refractivity contribution in [2.45, 2.75) is 38.1 Å². The van der Waals surface area contributed by atoms with E-state index in [1.165, 1.54) is 29.5 Å². The second-order valence-electron chi connectivity index (χ2n) is 6.87. The topological polar surface area (TPSA) is 64.0 Å². The van der Waals surface area contributed by atoms with Crippen molar-refractivity contribution >= 4 is 45.4 Å². The third-order valence-corrected chi connectivity index (χ3v) is 6.76. The molecule has 2 aliphatic rings. The fourth-order valence-electron chi connectivity index (χ4n) is 3.75. The van der Waals surface area contributed by atoms with Crippen molar-refractivity contribution in [1.29, 1.82) is 0 Å². The number of hydrogen-bond donors (Lipinski definition) is 0. The van der Waals surface area contributed by atoms with Gasteiger partial charge in [-0.2, -0.15) is 4.99 Å². The van der Waals surface area contributed by atoms with Gasteiger partial charge in [0.1, 0.15) is 0 Å². The summed E-state index contributed by atoms with van der Waals surface area (Å²) in [6, 6.07) is 5.85. The van der Waals surface area contributed by atoms with E-state index in [2.05, 4.69) is 9.98 Å². The van der Waals surface area contributed by atoms with Crippen LogP contribution in [0, 0.1) is 0 Å². The van der Waals surface area contributed by atoms with Gasteiger partial charge in [-0.15, -0.1) is 11.3 Å². The molecular formula is C21H23N3O3S2. The highest BCUT2D eigenvalue weighted by molar-refractivity contribution is 8.18. The molecule has 2 aromatic rings. The fraction of sp³-hybridized carbons (Fsp3) is 0.381. The Hall–Kier alpha value is -2.32. The molecular weight excluding hydrogens is 406 g/mol. The number of hydrogen-bond acceptors (Lipinski definition) is 7. The van der Waals surface area contributed by atoms with Gasteiger partial charge in [0, 0.05) is 23.2 Å². The van der Waals surface area contributed by atoms with Crippen LogP contribution in [-0.2, 0) is 4.79 Å². The zero-order valence-corrected chi connectivity index (χ0v) is 18.1. The van der Waals surface area contributed by atoms with Gasteiger partial charge in [-0.1, -0.05) is 31.4 Å². The Kier molecular flexibility index (Phi) is 6.20. The molecule has 1 saturated heterocycles. The number of ether oxygens (including phenoxy) is 2. The number of rotatable bonds is 5. The van der Waals surface area contributed by atoms with Crippen LogP contribution in [-0.4, -0.2) is 41.2 Å². The molecule has 1 amide bonds.